The minimum Gasteiger partial charge on any atom is -0.380 e. The summed E-state index contributed by atoms with van der Waals surface area (Å²) >= 11 is 1.81. The molecule has 0 fully saturated rings. The van der Waals surface area contributed by atoms with Crippen molar-refractivity contribution in [2.75, 3.05) is 24.7 Å². The van der Waals surface area contributed by atoms with Crippen LogP contribution >= 0.6 is 23.5 Å². The van der Waals surface area contributed by atoms with Crippen molar-refractivity contribution in [3.05, 3.63) is 71.8 Å². The molecular weight excluding hydrogens is 384 g/mol. The van der Waals surface area contributed by atoms with Gasteiger partial charge in [-0.25, -0.2) is 0 Å². The first-order chi connectivity index (χ1) is 13.1. The van der Waals surface area contributed by atoms with Crippen molar-refractivity contribution in [2.45, 2.75) is 0 Å². The van der Waals surface area contributed by atoms with Crippen LogP contribution in [0, 0.1) is 0 Å². The normalized spacial score (nSPS) is 10.4. The molecule has 140 valence electrons. The molecule has 5 nitrogen and oxygen atoms in total. The molecule has 0 atom stereocenters. The van der Waals surface area contributed by atoms with Crippen molar-refractivity contribution in [3.63, 3.8) is 0 Å². The molecule has 0 heterocycles. The van der Waals surface area contributed by atoms with Gasteiger partial charge in [0.15, 0.2) is 0 Å². The maximum Gasteiger partial charge on any atom is 0.260 e. The zero-order valence-corrected chi connectivity index (χ0v) is 16.1. The van der Waals surface area contributed by atoms with Crippen LogP contribution < -0.4 is 0 Å². The second-order valence-electron chi connectivity index (χ2n) is 5.27. The molecule has 2 aromatic rings. The summed E-state index contributed by atoms with van der Waals surface area (Å²) in [7, 11) is 0. The van der Waals surface area contributed by atoms with Gasteiger partial charge in [0.1, 0.15) is 0 Å². The molecule has 0 aliphatic carbocycles. The van der Waals surface area contributed by atoms with Crippen LogP contribution in [-0.4, -0.2) is 46.5 Å². The van der Waals surface area contributed by atoms with Gasteiger partial charge in [0, 0.05) is 22.6 Å². The highest BCUT2D eigenvalue weighted by Crippen LogP contribution is 2.11. The van der Waals surface area contributed by atoms with Crippen LogP contribution in [0.15, 0.2) is 60.7 Å². The topological polar surface area (TPSA) is 77.5 Å². The van der Waals surface area contributed by atoms with E-state index in [1.54, 1.807) is 60.7 Å². The third-order valence-electron chi connectivity index (χ3n) is 3.36. The van der Waals surface area contributed by atoms with E-state index < -0.39 is 21.8 Å². The van der Waals surface area contributed by atoms with Gasteiger partial charge in [-0.3, -0.25) is 19.2 Å². The highest BCUT2D eigenvalue weighted by atomic mass is 32.2. The molecule has 27 heavy (non-hydrogen) atoms. The van der Waals surface area contributed by atoms with Gasteiger partial charge >= 0.3 is 0 Å². The van der Waals surface area contributed by atoms with Gasteiger partial charge < -0.3 is 4.74 Å². The number of carbonyl (C=O) groups excluding carboxylic acids is 4. The smallest absolute Gasteiger partial charge is 0.260 e. The summed E-state index contributed by atoms with van der Waals surface area (Å²) in [5.41, 5.74) is 0.739. The monoisotopic (exact) mass is 402 g/mol. The predicted octanol–water partition coefficient (Wildman–Crippen LogP) is 3.29. The van der Waals surface area contributed by atoms with Crippen molar-refractivity contribution in [1.29, 1.82) is 0 Å². The van der Waals surface area contributed by atoms with E-state index in [1.807, 2.05) is 0 Å². The van der Waals surface area contributed by atoms with Crippen LogP contribution in [0.25, 0.3) is 0 Å². The van der Waals surface area contributed by atoms with Gasteiger partial charge in [0.25, 0.3) is 10.2 Å². The number of Topliss-reactive ketones (excluding diaryl/α,β-unsaturated/α-hetero) is 2. The van der Waals surface area contributed by atoms with Gasteiger partial charge in [0.2, 0.25) is 11.6 Å². The average molecular weight is 402 g/mol. The first kappa shape index (κ1) is 21.1. The van der Waals surface area contributed by atoms with Crippen LogP contribution in [-0.2, 0) is 14.3 Å². The molecule has 0 bridgehead atoms. The Bertz CT molecular complexity index is 723. The SMILES string of the molecule is O=C(SCCOCCSC(=O)C(=O)c1ccccc1)C(=O)c1ccccc1. The van der Waals surface area contributed by atoms with Crippen molar-refractivity contribution in [2.24, 2.45) is 0 Å². The lowest BCUT2D eigenvalue weighted by Crippen LogP contribution is -2.13. The van der Waals surface area contributed by atoms with E-state index in [0.29, 0.717) is 22.6 Å². The maximum atomic E-state index is 11.9. The molecular formula is C20H18O5S2. The van der Waals surface area contributed by atoms with Crippen LogP contribution in [0.4, 0.5) is 0 Å². The quantitative estimate of drug-likeness (QED) is 0.343. The Morgan fingerprint density at radius 1 is 0.630 bits per heavy atom. The molecule has 0 radical (unpaired) electrons. The summed E-state index contributed by atoms with van der Waals surface area (Å²) < 4.78 is 5.34. The number of ketones is 2. The van der Waals surface area contributed by atoms with Crippen LogP contribution in [0.5, 0.6) is 0 Å². The Labute approximate surface area is 165 Å². The second-order valence-corrected chi connectivity index (χ2v) is 7.41. The van der Waals surface area contributed by atoms with E-state index in [-0.39, 0.29) is 13.2 Å². The third kappa shape index (κ3) is 7.13. The van der Waals surface area contributed by atoms with E-state index in [1.165, 1.54) is 0 Å². The van der Waals surface area contributed by atoms with Gasteiger partial charge in [0.05, 0.1) is 13.2 Å². The van der Waals surface area contributed by atoms with Crippen LogP contribution in [0.2, 0.25) is 0 Å². The lowest BCUT2D eigenvalue weighted by Gasteiger charge is -2.04. The first-order valence-electron chi connectivity index (χ1n) is 8.20. The van der Waals surface area contributed by atoms with Gasteiger partial charge in [-0.15, -0.1) is 0 Å². The predicted molar refractivity (Wildman–Crippen MR) is 107 cm³/mol. The van der Waals surface area contributed by atoms with E-state index in [2.05, 4.69) is 0 Å². The standard InChI is InChI=1S/C20H18O5S2/c21-17(15-7-3-1-4-8-15)19(23)26-13-11-25-12-14-27-20(24)18(22)16-9-5-2-6-10-16/h1-10H,11-14H2. The molecule has 0 saturated heterocycles. The molecule has 0 amide bonds. The zero-order chi connectivity index (χ0) is 19.5. The number of hydrogen-bond acceptors (Lipinski definition) is 7. The summed E-state index contributed by atoms with van der Waals surface area (Å²) in [6, 6.07) is 16.8. The Morgan fingerprint density at radius 2 is 1.00 bits per heavy atom. The fourth-order valence-electron chi connectivity index (χ4n) is 2.03. The first-order valence-corrected chi connectivity index (χ1v) is 10.2. The molecule has 2 rings (SSSR count). The highest BCUT2D eigenvalue weighted by Gasteiger charge is 2.17. The van der Waals surface area contributed by atoms with Crippen LogP contribution in [0.3, 0.4) is 0 Å². The summed E-state index contributed by atoms with van der Waals surface area (Å²) in [6.07, 6.45) is 0. The van der Waals surface area contributed by atoms with E-state index in [0.717, 1.165) is 23.5 Å². The molecule has 0 spiro atoms. The fraction of sp³-hybridized carbons (Fsp3) is 0.200. The second kappa shape index (κ2) is 11.5. The van der Waals surface area contributed by atoms with E-state index in [4.69, 9.17) is 4.74 Å². The molecule has 2 aromatic carbocycles. The number of rotatable bonds is 10. The van der Waals surface area contributed by atoms with E-state index in [9.17, 15) is 19.2 Å². The average Bonchev–Trinajstić information content (AvgIpc) is 2.72. The highest BCUT2D eigenvalue weighted by molar-refractivity contribution is 8.15. The molecule has 0 saturated carbocycles. The molecule has 0 N–H and O–H groups in total. The fourth-order valence-corrected chi connectivity index (χ4v) is 3.31. The molecule has 0 unspecified atom stereocenters. The van der Waals surface area contributed by atoms with Crippen molar-refractivity contribution in [1.82, 2.24) is 0 Å². The summed E-state index contributed by atoms with van der Waals surface area (Å²) in [4.78, 5) is 47.4. The largest absolute Gasteiger partial charge is 0.380 e. The molecule has 0 aliphatic rings. The Balaban J connectivity index is 1.57. The Morgan fingerprint density at radius 3 is 1.37 bits per heavy atom. The minimum absolute atomic E-state index is 0.278. The number of benzene rings is 2. The van der Waals surface area contributed by atoms with Crippen molar-refractivity contribution >= 4 is 45.3 Å². The Hall–Kier alpha value is -2.22. The van der Waals surface area contributed by atoms with Crippen LogP contribution in [0.1, 0.15) is 20.7 Å². The molecule has 0 aliphatic heterocycles. The third-order valence-corrected chi connectivity index (χ3v) is 5.00. The van der Waals surface area contributed by atoms with Gasteiger partial charge in [-0.05, 0) is 0 Å². The number of hydrogen-bond donors (Lipinski definition) is 0. The van der Waals surface area contributed by atoms with Gasteiger partial charge in [-0.1, -0.05) is 84.2 Å². The number of carbonyl (C=O) groups is 4. The minimum atomic E-state index is -0.527. The number of thioether (sulfide) groups is 2. The van der Waals surface area contributed by atoms with Gasteiger partial charge in [-0.2, -0.15) is 0 Å². The van der Waals surface area contributed by atoms with Crippen molar-refractivity contribution < 1.29 is 23.9 Å². The van der Waals surface area contributed by atoms with Crippen molar-refractivity contribution in [3.8, 4) is 0 Å². The lowest BCUT2D eigenvalue weighted by atomic mass is 10.1. The molecule has 7 heteroatoms. The lowest BCUT2D eigenvalue weighted by molar-refractivity contribution is -0.108. The molecule has 0 aromatic heterocycles. The summed E-state index contributed by atoms with van der Waals surface area (Å²) in [5.74, 6) is -0.361. The zero-order valence-electron chi connectivity index (χ0n) is 14.5. The van der Waals surface area contributed by atoms with E-state index >= 15 is 0 Å². The maximum absolute atomic E-state index is 11.9. The Kier molecular flexibility index (Phi) is 8.97. The summed E-state index contributed by atoms with van der Waals surface area (Å²) in [5, 5.41) is -1.05. The summed E-state index contributed by atoms with van der Waals surface area (Å²) in [6.45, 7) is 0.555. The number of ether oxygens (including phenoxy) is 1.